The van der Waals surface area contributed by atoms with Gasteiger partial charge in [0.15, 0.2) is 0 Å². The van der Waals surface area contributed by atoms with Crippen LogP contribution in [0.2, 0.25) is 0 Å². The van der Waals surface area contributed by atoms with Crippen LogP contribution in [0.1, 0.15) is 36.7 Å². The number of carboxylic acids is 1. The molecule has 2 N–H and O–H groups in total. The summed E-state index contributed by atoms with van der Waals surface area (Å²) in [6.07, 6.45) is 0. The molecule has 2 aromatic rings. The zero-order valence-corrected chi connectivity index (χ0v) is 14.9. The van der Waals surface area contributed by atoms with Crippen molar-refractivity contribution in [2.24, 2.45) is 0 Å². The van der Waals surface area contributed by atoms with Gasteiger partial charge in [-0.25, -0.2) is 17.9 Å². The maximum absolute atomic E-state index is 12.5. The van der Waals surface area contributed by atoms with E-state index in [1.165, 1.54) is 12.1 Å². The predicted molar refractivity (Wildman–Crippen MR) is 93.6 cm³/mol. The summed E-state index contributed by atoms with van der Waals surface area (Å²) in [5, 5.41) is 9.24. The van der Waals surface area contributed by atoms with E-state index in [0.717, 1.165) is 0 Å². The van der Waals surface area contributed by atoms with E-state index in [9.17, 15) is 18.3 Å². The van der Waals surface area contributed by atoms with E-state index in [0.29, 0.717) is 16.7 Å². The van der Waals surface area contributed by atoms with E-state index in [1.807, 2.05) is 0 Å². The largest absolute Gasteiger partial charge is 0.478 e. The molecule has 0 aliphatic carbocycles. The van der Waals surface area contributed by atoms with Crippen molar-refractivity contribution in [2.45, 2.75) is 38.1 Å². The number of aromatic carboxylic acids is 1. The highest BCUT2D eigenvalue weighted by atomic mass is 32.2. The van der Waals surface area contributed by atoms with Crippen LogP contribution in [0.3, 0.4) is 0 Å². The van der Waals surface area contributed by atoms with Crippen molar-refractivity contribution in [3.63, 3.8) is 0 Å². The molecule has 0 aromatic heterocycles. The molecule has 6 heteroatoms. The van der Waals surface area contributed by atoms with Gasteiger partial charge in [0.25, 0.3) is 0 Å². The zero-order chi connectivity index (χ0) is 18.1. The fraction of sp³-hybridized carbons (Fsp3) is 0.278. The lowest BCUT2D eigenvalue weighted by Crippen LogP contribution is -2.40. The number of hydrogen-bond donors (Lipinski definition) is 2. The lowest BCUT2D eigenvalue weighted by atomic mass is 9.96. The average molecular weight is 347 g/mol. The van der Waals surface area contributed by atoms with E-state index < -0.39 is 21.5 Å². The average Bonchev–Trinajstić information content (AvgIpc) is 2.45. The van der Waals surface area contributed by atoms with E-state index >= 15 is 0 Å². The summed E-state index contributed by atoms with van der Waals surface area (Å²) in [4.78, 5) is 11.4. The van der Waals surface area contributed by atoms with Crippen molar-refractivity contribution in [3.8, 4) is 11.1 Å². The number of sulfonamides is 1. The Labute approximate surface area is 142 Å². The van der Waals surface area contributed by atoms with Gasteiger partial charge in [-0.1, -0.05) is 24.3 Å². The molecule has 2 aromatic carbocycles. The zero-order valence-electron chi connectivity index (χ0n) is 14.1. The quantitative estimate of drug-likeness (QED) is 0.887. The molecule has 128 valence electrons. The second kappa shape index (κ2) is 6.37. The molecule has 0 atom stereocenters. The highest BCUT2D eigenvalue weighted by molar-refractivity contribution is 7.89. The first-order valence-electron chi connectivity index (χ1n) is 7.48. The topological polar surface area (TPSA) is 83.5 Å². The Kier molecular flexibility index (Phi) is 4.82. The summed E-state index contributed by atoms with van der Waals surface area (Å²) in [7, 11) is -3.65. The molecule has 0 fully saturated rings. The number of nitrogens with one attached hydrogen (secondary N) is 1. The highest BCUT2D eigenvalue weighted by Gasteiger charge is 2.22. The normalized spacial score (nSPS) is 12.2. The molecule has 0 saturated heterocycles. The molecule has 0 unspecified atom stereocenters. The van der Waals surface area contributed by atoms with Crippen LogP contribution in [0, 0.1) is 6.92 Å². The van der Waals surface area contributed by atoms with Gasteiger partial charge in [-0.2, -0.15) is 0 Å². The van der Waals surface area contributed by atoms with Gasteiger partial charge in [0.1, 0.15) is 0 Å². The summed E-state index contributed by atoms with van der Waals surface area (Å²) in [5.41, 5.74) is 1.57. The van der Waals surface area contributed by atoms with Crippen LogP contribution in [0.15, 0.2) is 47.4 Å². The predicted octanol–water partition coefficient (Wildman–Crippen LogP) is 3.44. The Balaban J connectivity index is 2.53. The molecule has 0 aliphatic rings. The maximum Gasteiger partial charge on any atom is 0.335 e. The summed E-state index contributed by atoms with van der Waals surface area (Å²) < 4.78 is 27.6. The van der Waals surface area contributed by atoms with Crippen LogP contribution < -0.4 is 4.72 Å². The molecule has 0 aliphatic heterocycles. The maximum atomic E-state index is 12.5. The molecule has 0 heterocycles. The van der Waals surface area contributed by atoms with Crippen LogP contribution in [-0.2, 0) is 10.0 Å². The molecule has 0 spiro atoms. The van der Waals surface area contributed by atoms with Crippen molar-refractivity contribution in [3.05, 3.63) is 53.6 Å². The first kappa shape index (κ1) is 18.2. The SMILES string of the molecule is Cc1c(C(=O)O)cccc1-c1cccc(S(=O)(=O)NC(C)(C)C)c1. The fourth-order valence-corrected chi connectivity index (χ4v) is 3.94. The minimum atomic E-state index is -3.65. The first-order chi connectivity index (χ1) is 11.0. The molecule has 0 saturated carbocycles. The van der Waals surface area contributed by atoms with Gasteiger partial charge >= 0.3 is 5.97 Å². The number of hydrogen-bond acceptors (Lipinski definition) is 3. The van der Waals surface area contributed by atoms with E-state index in [2.05, 4.69) is 4.72 Å². The molecule has 5 nitrogen and oxygen atoms in total. The van der Waals surface area contributed by atoms with Crippen LogP contribution >= 0.6 is 0 Å². The molecule has 2 rings (SSSR count). The lowest BCUT2D eigenvalue weighted by Gasteiger charge is -2.20. The monoisotopic (exact) mass is 347 g/mol. The number of rotatable bonds is 4. The highest BCUT2D eigenvalue weighted by Crippen LogP contribution is 2.28. The summed E-state index contributed by atoms with van der Waals surface area (Å²) in [6.45, 7) is 7.03. The van der Waals surface area contributed by atoms with Gasteiger partial charge < -0.3 is 5.11 Å². The lowest BCUT2D eigenvalue weighted by molar-refractivity contribution is 0.0696. The molecule has 24 heavy (non-hydrogen) atoms. The van der Waals surface area contributed by atoms with Gasteiger partial charge in [-0.15, -0.1) is 0 Å². The van der Waals surface area contributed by atoms with Crippen molar-refractivity contribution in [2.75, 3.05) is 0 Å². The van der Waals surface area contributed by atoms with Crippen molar-refractivity contribution in [1.82, 2.24) is 4.72 Å². The van der Waals surface area contributed by atoms with Crippen molar-refractivity contribution >= 4 is 16.0 Å². The third-order valence-corrected chi connectivity index (χ3v) is 5.22. The molecular weight excluding hydrogens is 326 g/mol. The fourth-order valence-electron chi connectivity index (χ4n) is 2.47. The first-order valence-corrected chi connectivity index (χ1v) is 8.97. The van der Waals surface area contributed by atoms with E-state index in [4.69, 9.17) is 0 Å². The van der Waals surface area contributed by atoms with Gasteiger partial charge in [0.05, 0.1) is 10.5 Å². The number of carbonyl (C=O) groups is 1. The van der Waals surface area contributed by atoms with Gasteiger partial charge in [-0.05, 0) is 62.6 Å². The summed E-state index contributed by atoms with van der Waals surface area (Å²) in [6, 6.07) is 11.5. The van der Waals surface area contributed by atoms with Gasteiger partial charge in [0, 0.05) is 5.54 Å². The summed E-state index contributed by atoms with van der Waals surface area (Å²) in [5.74, 6) is -1.01. The van der Waals surface area contributed by atoms with Crippen LogP contribution in [0.4, 0.5) is 0 Å². The second-order valence-electron chi connectivity index (χ2n) is 6.67. The Morgan fingerprint density at radius 3 is 2.29 bits per heavy atom. The number of carboxylic acid groups (broad SMARTS) is 1. The Morgan fingerprint density at radius 1 is 1.08 bits per heavy atom. The van der Waals surface area contributed by atoms with Crippen molar-refractivity contribution in [1.29, 1.82) is 0 Å². The third-order valence-electron chi connectivity index (χ3n) is 3.46. The van der Waals surface area contributed by atoms with Crippen LogP contribution in [-0.4, -0.2) is 25.0 Å². The van der Waals surface area contributed by atoms with Crippen LogP contribution in [0.25, 0.3) is 11.1 Å². The Morgan fingerprint density at radius 2 is 1.71 bits per heavy atom. The minimum Gasteiger partial charge on any atom is -0.478 e. The Hall–Kier alpha value is -2.18. The molecule has 0 amide bonds. The summed E-state index contributed by atoms with van der Waals surface area (Å²) >= 11 is 0. The van der Waals surface area contributed by atoms with Gasteiger partial charge in [-0.3, -0.25) is 0 Å². The van der Waals surface area contributed by atoms with Gasteiger partial charge in [0.2, 0.25) is 10.0 Å². The Bertz CT molecular complexity index is 880. The van der Waals surface area contributed by atoms with E-state index in [-0.39, 0.29) is 10.5 Å². The van der Waals surface area contributed by atoms with Crippen molar-refractivity contribution < 1.29 is 18.3 Å². The molecule has 0 radical (unpaired) electrons. The third kappa shape index (κ3) is 4.01. The number of benzene rings is 2. The smallest absolute Gasteiger partial charge is 0.335 e. The molecular formula is C18H21NO4S. The second-order valence-corrected chi connectivity index (χ2v) is 8.35. The van der Waals surface area contributed by atoms with Crippen LogP contribution in [0.5, 0.6) is 0 Å². The standard InChI is InChI=1S/C18H21NO4S/c1-12-15(9-6-10-16(12)17(20)21)13-7-5-8-14(11-13)24(22,23)19-18(2,3)4/h5-11,19H,1-4H3,(H,20,21). The minimum absolute atomic E-state index is 0.148. The van der Waals surface area contributed by atoms with E-state index in [1.54, 1.807) is 58.0 Å². The molecule has 0 bridgehead atoms.